The van der Waals surface area contributed by atoms with Crippen LogP contribution in [0.25, 0.3) is 0 Å². The highest BCUT2D eigenvalue weighted by atomic mass is 127. The molecule has 0 spiro atoms. The summed E-state index contributed by atoms with van der Waals surface area (Å²) in [5, 5.41) is 0. The number of aromatic nitrogens is 1. The molecule has 0 saturated carbocycles. The quantitative estimate of drug-likeness (QED) is 0.784. The molecule has 6 heteroatoms. The standard InChI is InChI=1S/C7H5F3INO/c1-13-7-4(8)5(11)3(2-12-7)6(9)10/h2,6H,1H3. The summed E-state index contributed by atoms with van der Waals surface area (Å²) in [6.07, 6.45) is -1.81. The molecule has 0 amide bonds. The summed E-state index contributed by atoms with van der Waals surface area (Å²) in [7, 11) is 1.23. The number of ether oxygens (including phenoxy) is 1. The molecule has 1 rings (SSSR count). The van der Waals surface area contributed by atoms with E-state index >= 15 is 0 Å². The lowest BCUT2D eigenvalue weighted by Gasteiger charge is -2.06. The van der Waals surface area contributed by atoms with E-state index in [1.165, 1.54) is 29.7 Å². The van der Waals surface area contributed by atoms with Crippen LogP contribution in [0, 0.1) is 9.39 Å². The van der Waals surface area contributed by atoms with Crippen molar-refractivity contribution >= 4 is 22.6 Å². The second-order valence-electron chi connectivity index (χ2n) is 2.15. The van der Waals surface area contributed by atoms with E-state index in [2.05, 4.69) is 9.72 Å². The van der Waals surface area contributed by atoms with Gasteiger partial charge in [-0.2, -0.15) is 4.39 Å². The van der Waals surface area contributed by atoms with E-state index in [-0.39, 0.29) is 9.45 Å². The Morgan fingerprint density at radius 2 is 2.15 bits per heavy atom. The molecule has 0 aliphatic carbocycles. The van der Waals surface area contributed by atoms with Gasteiger partial charge in [0.1, 0.15) is 0 Å². The van der Waals surface area contributed by atoms with E-state index in [0.717, 1.165) is 6.20 Å². The van der Waals surface area contributed by atoms with E-state index in [9.17, 15) is 13.2 Å². The van der Waals surface area contributed by atoms with E-state index in [1.807, 2.05) is 0 Å². The van der Waals surface area contributed by atoms with Crippen LogP contribution < -0.4 is 4.74 Å². The summed E-state index contributed by atoms with van der Waals surface area (Å²) in [5.74, 6) is -1.12. The van der Waals surface area contributed by atoms with E-state index in [1.54, 1.807) is 0 Å². The van der Waals surface area contributed by atoms with Gasteiger partial charge in [0.15, 0.2) is 5.82 Å². The zero-order valence-electron chi connectivity index (χ0n) is 6.52. The minimum atomic E-state index is -2.72. The molecule has 0 bridgehead atoms. The first kappa shape index (κ1) is 10.6. The van der Waals surface area contributed by atoms with Crippen LogP contribution in [-0.4, -0.2) is 12.1 Å². The molecule has 13 heavy (non-hydrogen) atoms. The fourth-order valence-electron chi connectivity index (χ4n) is 0.757. The highest BCUT2D eigenvalue weighted by molar-refractivity contribution is 14.1. The molecule has 72 valence electrons. The summed E-state index contributed by atoms with van der Waals surface area (Å²) in [5.41, 5.74) is -0.418. The number of halogens is 4. The molecular formula is C7H5F3INO. The molecule has 0 aliphatic heterocycles. The Bertz CT molecular complexity index is 319. The summed E-state index contributed by atoms with van der Waals surface area (Å²) in [4.78, 5) is 3.40. The predicted octanol–water partition coefficient (Wildman–Crippen LogP) is 2.77. The third kappa shape index (κ3) is 2.04. The van der Waals surface area contributed by atoms with Gasteiger partial charge >= 0.3 is 0 Å². The molecule has 0 unspecified atom stereocenters. The van der Waals surface area contributed by atoms with Gasteiger partial charge in [0, 0.05) is 6.20 Å². The van der Waals surface area contributed by atoms with Crippen LogP contribution in [0.5, 0.6) is 5.88 Å². The average molecular weight is 303 g/mol. The normalized spacial score (nSPS) is 10.6. The Kier molecular flexibility index (Phi) is 3.34. The Hall–Kier alpha value is -0.530. The molecule has 0 radical (unpaired) electrons. The first-order chi connectivity index (χ1) is 6.07. The van der Waals surface area contributed by atoms with Crippen LogP contribution in [0.2, 0.25) is 0 Å². The lowest BCUT2D eigenvalue weighted by atomic mass is 10.3. The molecule has 0 fully saturated rings. The highest BCUT2D eigenvalue weighted by Gasteiger charge is 2.18. The van der Waals surface area contributed by atoms with Crippen LogP contribution in [0.15, 0.2) is 6.20 Å². The smallest absolute Gasteiger partial charge is 0.266 e. The van der Waals surface area contributed by atoms with E-state index < -0.39 is 17.8 Å². The molecule has 2 nitrogen and oxygen atoms in total. The van der Waals surface area contributed by atoms with Crippen LogP contribution in [-0.2, 0) is 0 Å². The van der Waals surface area contributed by atoms with Gasteiger partial charge in [-0.05, 0) is 22.6 Å². The molecule has 1 heterocycles. The number of alkyl halides is 2. The Labute approximate surface area is 86.3 Å². The van der Waals surface area contributed by atoms with Gasteiger partial charge in [0.25, 0.3) is 12.3 Å². The average Bonchev–Trinajstić information content (AvgIpc) is 2.09. The Morgan fingerprint density at radius 1 is 1.54 bits per heavy atom. The van der Waals surface area contributed by atoms with Gasteiger partial charge in [-0.15, -0.1) is 0 Å². The molecule has 0 atom stereocenters. The minimum absolute atomic E-state index is 0.153. The fourth-order valence-corrected chi connectivity index (χ4v) is 1.36. The Balaban J connectivity index is 3.23. The van der Waals surface area contributed by atoms with Crippen LogP contribution in [0.3, 0.4) is 0 Å². The van der Waals surface area contributed by atoms with Crippen molar-refractivity contribution < 1.29 is 17.9 Å². The first-order valence-electron chi connectivity index (χ1n) is 3.24. The Morgan fingerprint density at radius 3 is 2.62 bits per heavy atom. The summed E-state index contributed by atoms with van der Waals surface area (Å²) >= 11 is 1.49. The number of pyridine rings is 1. The van der Waals surface area contributed by atoms with E-state index in [0.29, 0.717) is 0 Å². The molecule has 0 aliphatic rings. The van der Waals surface area contributed by atoms with Crippen molar-refractivity contribution in [1.82, 2.24) is 4.98 Å². The van der Waals surface area contributed by atoms with E-state index in [4.69, 9.17) is 0 Å². The monoisotopic (exact) mass is 303 g/mol. The minimum Gasteiger partial charge on any atom is -0.479 e. The number of nitrogens with zero attached hydrogens (tertiary/aromatic N) is 1. The van der Waals surface area contributed by atoms with Crippen molar-refractivity contribution in [2.24, 2.45) is 0 Å². The third-order valence-corrected chi connectivity index (χ3v) is 2.48. The second kappa shape index (κ2) is 4.12. The lowest BCUT2D eigenvalue weighted by Crippen LogP contribution is -1.99. The predicted molar refractivity (Wildman–Crippen MR) is 48.4 cm³/mol. The highest BCUT2D eigenvalue weighted by Crippen LogP contribution is 2.28. The first-order valence-corrected chi connectivity index (χ1v) is 4.31. The third-order valence-electron chi connectivity index (χ3n) is 1.38. The van der Waals surface area contributed by atoms with Gasteiger partial charge in [-0.25, -0.2) is 13.8 Å². The zero-order valence-corrected chi connectivity index (χ0v) is 8.68. The van der Waals surface area contributed by atoms with Gasteiger partial charge in [0.2, 0.25) is 0 Å². The maximum atomic E-state index is 13.1. The van der Waals surface area contributed by atoms with Gasteiger partial charge in [-0.3, -0.25) is 0 Å². The van der Waals surface area contributed by atoms with Crippen LogP contribution in [0.1, 0.15) is 12.0 Å². The second-order valence-corrected chi connectivity index (χ2v) is 3.23. The topological polar surface area (TPSA) is 22.1 Å². The summed E-state index contributed by atoms with van der Waals surface area (Å²) in [6, 6.07) is 0. The molecule has 0 saturated heterocycles. The van der Waals surface area contributed by atoms with Crippen molar-refractivity contribution in [3.05, 3.63) is 21.1 Å². The van der Waals surface area contributed by atoms with Gasteiger partial charge in [-0.1, -0.05) is 0 Å². The maximum Gasteiger partial charge on any atom is 0.266 e. The summed E-state index contributed by atoms with van der Waals surface area (Å²) < 4.78 is 41.8. The molecule has 1 aromatic rings. The number of rotatable bonds is 2. The lowest BCUT2D eigenvalue weighted by molar-refractivity contribution is 0.149. The van der Waals surface area contributed by atoms with Gasteiger partial charge < -0.3 is 4.74 Å². The molecule has 0 aromatic carbocycles. The van der Waals surface area contributed by atoms with Crippen molar-refractivity contribution in [3.63, 3.8) is 0 Å². The van der Waals surface area contributed by atoms with Crippen molar-refractivity contribution in [2.75, 3.05) is 7.11 Å². The largest absolute Gasteiger partial charge is 0.479 e. The summed E-state index contributed by atoms with van der Waals surface area (Å²) in [6.45, 7) is 0. The van der Waals surface area contributed by atoms with Crippen molar-refractivity contribution in [3.8, 4) is 5.88 Å². The SMILES string of the molecule is COc1ncc(C(F)F)c(I)c1F. The number of hydrogen-bond acceptors (Lipinski definition) is 2. The maximum absolute atomic E-state index is 13.1. The van der Waals surface area contributed by atoms with Crippen molar-refractivity contribution in [2.45, 2.75) is 6.43 Å². The zero-order chi connectivity index (χ0) is 10.0. The van der Waals surface area contributed by atoms with Crippen LogP contribution >= 0.6 is 22.6 Å². The van der Waals surface area contributed by atoms with Gasteiger partial charge in [0.05, 0.1) is 16.2 Å². The van der Waals surface area contributed by atoms with Crippen LogP contribution in [0.4, 0.5) is 13.2 Å². The number of hydrogen-bond donors (Lipinski definition) is 0. The number of methoxy groups -OCH3 is 1. The molecule has 0 N–H and O–H groups in total. The molecule has 1 aromatic heterocycles. The molecular weight excluding hydrogens is 298 g/mol. The fraction of sp³-hybridized carbons (Fsp3) is 0.286. The van der Waals surface area contributed by atoms with Crippen molar-refractivity contribution in [1.29, 1.82) is 0 Å².